The number of benzene rings is 1. The molecule has 1 rings (SSSR count). The quantitative estimate of drug-likeness (QED) is 0.795. The third kappa shape index (κ3) is 3.22. The zero-order chi connectivity index (χ0) is 12.9. The van der Waals surface area contributed by atoms with Crippen molar-refractivity contribution in [2.75, 3.05) is 11.9 Å². The molecule has 0 spiro atoms. The molecule has 0 atom stereocenters. The summed E-state index contributed by atoms with van der Waals surface area (Å²) in [6.45, 7) is 6.66. The molecule has 0 aromatic heterocycles. The van der Waals surface area contributed by atoms with Crippen LogP contribution in [0.4, 0.5) is 5.69 Å². The number of amides is 1. The fourth-order valence-electron chi connectivity index (χ4n) is 1.88. The molecule has 0 saturated heterocycles. The van der Waals surface area contributed by atoms with Crippen LogP contribution in [0, 0.1) is 12.3 Å². The molecule has 3 nitrogen and oxygen atoms in total. The lowest BCUT2D eigenvalue weighted by atomic mass is 9.81. The van der Waals surface area contributed by atoms with Crippen molar-refractivity contribution in [3.8, 4) is 0 Å². The van der Waals surface area contributed by atoms with E-state index in [1.165, 1.54) is 5.56 Å². The minimum atomic E-state index is -0.440. The maximum Gasteiger partial charge on any atom is 0.225 e. The monoisotopic (exact) mass is 234 g/mol. The molecule has 0 aliphatic carbocycles. The predicted molar refractivity (Wildman–Crippen MR) is 71.9 cm³/mol. The van der Waals surface area contributed by atoms with Crippen molar-refractivity contribution < 1.29 is 4.79 Å². The predicted octanol–water partition coefficient (Wildman–Crippen LogP) is 2.70. The van der Waals surface area contributed by atoms with E-state index in [4.69, 9.17) is 5.73 Å². The molecule has 1 aromatic rings. The van der Waals surface area contributed by atoms with E-state index in [1.54, 1.807) is 0 Å². The first kappa shape index (κ1) is 13.6. The highest BCUT2D eigenvalue weighted by atomic mass is 16.1. The Kier molecular flexibility index (Phi) is 4.55. The van der Waals surface area contributed by atoms with Gasteiger partial charge in [0.1, 0.15) is 0 Å². The Bertz CT molecular complexity index is 366. The van der Waals surface area contributed by atoms with Gasteiger partial charge in [0, 0.05) is 12.2 Å². The summed E-state index contributed by atoms with van der Waals surface area (Å²) >= 11 is 0. The number of rotatable bonds is 6. The topological polar surface area (TPSA) is 55.1 Å². The average Bonchev–Trinajstić information content (AvgIpc) is 2.33. The maximum atomic E-state index is 11.5. The Morgan fingerprint density at radius 1 is 1.24 bits per heavy atom. The molecule has 1 aromatic carbocycles. The molecule has 3 heteroatoms. The molecule has 0 heterocycles. The first-order valence-electron chi connectivity index (χ1n) is 6.14. The van der Waals surface area contributed by atoms with E-state index in [-0.39, 0.29) is 5.91 Å². The number of nitrogens with two attached hydrogens (primary N) is 1. The fraction of sp³-hybridized carbons (Fsp3) is 0.500. The smallest absolute Gasteiger partial charge is 0.225 e. The van der Waals surface area contributed by atoms with Crippen LogP contribution in [0.25, 0.3) is 0 Å². The van der Waals surface area contributed by atoms with Crippen LogP contribution in [0.2, 0.25) is 0 Å². The van der Waals surface area contributed by atoms with E-state index in [1.807, 2.05) is 38.1 Å². The van der Waals surface area contributed by atoms with E-state index in [2.05, 4.69) is 12.2 Å². The highest BCUT2D eigenvalue weighted by molar-refractivity contribution is 5.81. The second-order valence-electron chi connectivity index (χ2n) is 4.57. The molecule has 17 heavy (non-hydrogen) atoms. The largest absolute Gasteiger partial charge is 0.384 e. The molecule has 0 saturated carbocycles. The van der Waals surface area contributed by atoms with Gasteiger partial charge in [-0.25, -0.2) is 0 Å². The number of nitrogens with one attached hydrogen (secondary N) is 1. The zero-order valence-corrected chi connectivity index (χ0v) is 10.9. The minimum Gasteiger partial charge on any atom is -0.384 e. The highest BCUT2D eigenvalue weighted by Crippen LogP contribution is 2.26. The van der Waals surface area contributed by atoms with Gasteiger partial charge in [0.2, 0.25) is 5.91 Å². The number of aryl methyl sites for hydroxylation is 1. The number of primary amides is 1. The number of carbonyl (C=O) groups excluding carboxylic acids is 1. The lowest BCUT2D eigenvalue weighted by molar-refractivity contribution is -0.127. The van der Waals surface area contributed by atoms with Gasteiger partial charge in [-0.15, -0.1) is 0 Å². The zero-order valence-electron chi connectivity index (χ0n) is 10.9. The molecule has 0 unspecified atom stereocenters. The van der Waals surface area contributed by atoms with E-state index >= 15 is 0 Å². The summed E-state index contributed by atoms with van der Waals surface area (Å²) in [7, 11) is 0. The van der Waals surface area contributed by atoms with Crippen LogP contribution in [0.1, 0.15) is 32.3 Å². The maximum absolute atomic E-state index is 11.5. The molecular formula is C14H22N2O. The van der Waals surface area contributed by atoms with Gasteiger partial charge in [-0.3, -0.25) is 4.79 Å². The van der Waals surface area contributed by atoms with Crippen molar-refractivity contribution in [1.29, 1.82) is 0 Å². The standard InChI is InChI=1S/C14H22N2O/c1-4-14(5-2,13(15)17)10-16-12-8-6-11(3)7-9-12/h6-9,16H,4-5,10H2,1-3H3,(H2,15,17). The third-order valence-corrected chi connectivity index (χ3v) is 3.56. The molecule has 94 valence electrons. The van der Waals surface area contributed by atoms with Gasteiger partial charge in [0.05, 0.1) is 5.41 Å². The van der Waals surface area contributed by atoms with Crippen LogP contribution in [0.15, 0.2) is 24.3 Å². The highest BCUT2D eigenvalue weighted by Gasteiger charge is 2.32. The van der Waals surface area contributed by atoms with Gasteiger partial charge in [0.25, 0.3) is 0 Å². The van der Waals surface area contributed by atoms with E-state index in [0.717, 1.165) is 18.5 Å². The van der Waals surface area contributed by atoms with Crippen LogP contribution in [0.3, 0.4) is 0 Å². The first-order valence-corrected chi connectivity index (χ1v) is 6.14. The number of hydrogen-bond donors (Lipinski definition) is 2. The number of carbonyl (C=O) groups is 1. The summed E-state index contributed by atoms with van der Waals surface area (Å²) in [5, 5.41) is 3.30. The Hall–Kier alpha value is -1.51. The van der Waals surface area contributed by atoms with Gasteiger partial charge >= 0.3 is 0 Å². The minimum absolute atomic E-state index is 0.220. The lowest BCUT2D eigenvalue weighted by Crippen LogP contribution is -2.41. The molecular weight excluding hydrogens is 212 g/mol. The van der Waals surface area contributed by atoms with Crippen LogP contribution >= 0.6 is 0 Å². The summed E-state index contributed by atoms with van der Waals surface area (Å²) in [6, 6.07) is 8.14. The fourth-order valence-corrected chi connectivity index (χ4v) is 1.88. The SMILES string of the molecule is CCC(CC)(CNc1ccc(C)cc1)C(N)=O. The number of hydrogen-bond acceptors (Lipinski definition) is 2. The number of anilines is 1. The van der Waals surface area contributed by atoms with Crippen LogP contribution in [-0.2, 0) is 4.79 Å². The van der Waals surface area contributed by atoms with Crippen molar-refractivity contribution in [2.45, 2.75) is 33.6 Å². The van der Waals surface area contributed by atoms with Gasteiger partial charge in [-0.1, -0.05) is 31.5 Å². The molecule has 0 radical (unpaired) electrons. The summed E-state index contributed by atoms with van der Waals surface area (Å²) in [6.07, 6.45) is 1.52. The molecule has 3 N–H and O–H groups in total. The van der Waals surface area contributed by atoms with Crippen LogP contribution in [-0.4, -0.2) is 12.5 Å². The average molecular weight is 234 g/mol. The van der Waals surface area contributed by atoms with Crippen molar-refractivity contribution in [2.24, 2.45) is 11.1 Å². The molecule has 0 aliphatic heterocycles. The molecule has 0 fully saturated rings. The van der Waals surface area contributed by atoms with E-state index in [9.17, 15) is 4.79 Å². The Labute approximate surface area is 103 Å². The Morgan fingerprint density at radius 3 is 2.18 bits per heavy atom. The Balaban J connectivity index is 2.70. The van der Waals surface area contributed by atoms with Gasteiger partial charge in [-0.2, -0.15) is 0 Å². The first-order chi connectivity index (χ1) is 8.04. The van der Waals surface area contributed by atoms with Crippen LogP contribution in [0.5, 0.6) is 0 Å². The Morgan fingerprint density at radius 2 is 1.76 bits per heavy atom. The normalized spacial score (nSPS) is 11.2. The van der Waals surface area contributed by atoms with Crippen molar-refractivity contribution in [1.82, 2.24) is 0 Å². The molecule has 1 amide bonds. The third-order valence-electron chi connectivity index (χ3n) is 3.56. The second-order valence-corrected chi connectivity index (χ2v) is 4.57. The van der Waals surface area contributed by atoms with E-state index < -0.39 is 5.41 Å². The summed E-state index contributed by atoms with van der Waals surface area (Å²) in [4.78, 5) is 11.5. The van der Waals surface area contributed by atoms with E-state index in [0.29, 0.717) is 6.54 Å². The van der Waals surface area contributed by atoms with Crippen molar-refractivity contribution in [3.63, 3.8) is 0 Å². The summed E-state index contributed by atoms with van der Waals surface area (Å²) in [5.74, 6) is -0.220. The van der Waals surface area contributed by atoms with Gasteiger partial charge in [0.15, 0.2) is 0 Å². The lowest BCUT2D eigenvalue weighted by Gasteiger charge is -2.28. The summed E-state index contributed by atoms with van der Waals surface area (Å²) in [5.41, 5.74) is 7.32. The van der Waals surface area contributed by atoms with Gasteiger partial charge in [-0.05, 0) is 31.9 Å². The second kappa shape index (κ2) is 5.71. The van der Waals surface area contributed by atoms with Crippen molar-refractivity contribution >= 4 is 11.6 Å². The van der Waals surface area contributed by atoms with Gasteiger partial charge < -0.3 is 11.1 Å². The van der Waals surface area contributed by atoms with Crippen molar-refractivity contribution in [3.05, 3.63) is 29.8 Å². The van der Waals surface area contributed by atoms with Crippen LogP contribution < -0.4 is 11.1 Å². The molecule has 0 aliphatic rings. The summed E-state index contributed by atoms with van der Waals surface area (Å²) < 4.78 is 0. The molecule has 0 bridgehead atoms.